The Bertz CT molecular complexity index is 1310. The molecule has 4 aromatic rings. The molecule has 0 atom stereocenters. The fraction of sp³-hybridized carbons (Fsp3) is 0.226. The molecule has 0 amide bonds. The molecule has 0 radical (unpaired) electrons. The van der Waals surface area contributed by atoms with Crippen LogP contribution >= 0.6 is 0 Å². The van der Waals surface area contributed by atoms with E-state index in [0.717, 1.165) is 54.2 Å². The van der Waals surface area contributed by atoms with Crippen LogP contribution in [-0.2, 0) is 25.7 Å². The van der Waals surface area contributed by atoms with E-state index in [1.165, 1.54) is 16.7 Å². The second-order valence-corrected chi connectivity index (χ2v) is 8.78. The molecule has 1 aliphatic heterocycles. The van der Waals surface area contributed by atoms with Crippen LogP contribution in [0, 0.1) is 0 Å². The maximum atomic E-state index is 6.33. The van der Waals surface area contributed by atoms with E-state index in [1.54, 1.807) is 14.2 Å². The number of ether oxygens (including phenoxy) is 5. The Balaban J connectivity index is 1.28. The average Bonchev–Trinajstić information content (AvgIpc) is 3.40. The van der Waals surface area contributed by atoms with Gasteiger partial charge >= 0.3 is 0 Å². The SMILES string of the molecule is COc1ccc(CCc2cc3c(c(Oc4cccc(CCc5cccc(OC)c5)c4)c2)OCO3)cc1. The third-order valence-corrected chi connectivity index (χ3v) is 6.32. The van der Waals surface area contributed by atoms with Gasteiger partial charge in [-0.15, -0.1) is 0 Å². The Morgan fingerprint density at radius 2 is 1.22 bits per heavy atom. The summed E-state index contributed by atoms with van der Waals surface area (Å²) < 4.78 is 28.4. The Morgan fingerprint density at radius 3 is 1.94 bits per heavy atom. The van der Waals surface area contributed by atoms with Crippen molar-refractivity contribution in [2.24, 2.45) is 0 Å². The minimum atomic E-state index is 0.203. The molecule has 0 unspecified atom stereocenters. The summed E-state index contributed by atoms with van der Waals surface area (Å²) >= 11 is 0. The molecule has 1 heterocycles. The molecule has 0 aliphatic carbocycles. The highest BCUT2D eigenvalue weighted by Crippen LogP contribution is 2.44. The maximum Gasteiger partial charge on any atom is 0.231 e. The van der Waals surface area contributed by atoms with Crippen LogP contribution in [0.5, 0.6) is 34.5 Å². The van der Waals surface area contributed by atoms with Gasteiger partial charge in [0.15, 0.2) is 11.5 Å². The Hall–Kier alpha value is -4.12. The number of benzene rings is 4. The largest absolute Gasteiger partial charge is 0.497 e. The van der Waals surface area contributed by atoms with E-state index in [4.69, 9.17) is 23.7 Å². The van der Waals surface area contributed by atoms with E-state index in [2.05, 4.69) is 42.5 Å². The third kappa shape index (κ3) is 5.74. The number of hydrogen-bond donors (Lipinski definition) is 0. The van der Waals surface area contributed by atoms with Crippen molar-refractivity contribution in [1.82, 2.24) is 0 Å². The van der Waals surface area contributed by atoms with Crippen LogP contribution in [0.4, 0.5) is 0 Å². The first-order valence-corrected chi connectivity index (χ1v) is 12.2. The number of fused-ring (bicyclic) bond motifs is 1. The minimum Gasteiger partial charge on any atom is -0.497 e. The van der Waals surface area contributed by atoms with Gasteiger partial charge in [0.25, 0.3) is 0 Å². The summed E-state index contributed by atoms with van der Waals surface area (Å²) in [5.74, 6) is 4.59. The molecular formula is C31H30O5. The Kier molecular flexibility index (Phi) is 7.27. The first kappa shape index (κ1) is 23.6. The van der Waals surface area contributed by atoms with Gasteiger partial charge in [-0.2, -0.15) is 0 Å². The molecule has 0 spiro atoms. The zero-order valence-electron chi connectivity index (χ0n) is 20.7. The van der Waals surface area contributed by atoms with Crippen molar-refractivity contribution < 1.29 is 23.7 Å². The smallest absolute Gasteiger partial charge is 0.231 e. The van der Waals surface area contributed by atoms with Crippen molar-refractivity contribution in [3.8, 4) is 34.5 Å². The van der Waals surface area contributed by atoms with Crippen LogP contribution in [0.1, 0.15) is 22.3 Å². The molecule has 184 valence electrons. The minimum absolute atomic E-state index is 0.203. The summed E-state index contributed by atoms with van der Waals surface area (Å²) in [7, 11) is 3.37. The van der Waals surface area contributed by atoms with Crippen molar-refractivity contribution >= 4 is 0 Å². The van der Waals surface area contributed by atoms with Crippen LogP contribution in [0.3, 0.4) is 0 Å². The summed E-state index contributed by atoms with van der Waals surface area (Å²) in [4.78, 5) is 0. The zero-order valence-corrected chi connectivity index (χ0v) is 20.7. The van der Waals surface area contributed by atoms with E-state index in [1.807, 2.05) is 42.5 Å². The first-order chi connectivity index (χ1) is 17.7. The predicted octanol–water partition coefficient (Wildman–Crippen LogP) is 6.80. The molecule has 0 N–H and O–H groups in total. The van der Waals surface area contributed by atoms with Gasteiger partial charge in [-0.1, -0.05) is 36.4 Å². The fourth-order valence-corrected chi connectivity index (χ4v) is 4.34. The Labute approximate surface area is 212 Å². The first-order valence-electron chi connectivity index (χ1n) is 12.2. The van der Waals surface area contributed by atoms with Crippen molar-refractivity contribution in [2.75, 3.05) is 21.0 Å². The van der Waals surface area contributed by atoms with E-state index in [0.29, 0.717) is 11.5 Å². The lowest BCUT2D eigenvalue weighted by Crippen LogP contribution is -1.96. The lowest BCUT2D eigenvalue weighted by molar-refractivity contribution is 0.172. The van der Waals surface area contributed by atoms with Gasteiger partial charge in [0.05, 0.1) is 14.2 Å². The van der Waals surface area contributed by atoms with Gasteiger partial charge in [-0.3, -0.25) is 0 Å². The van der Waals surface area contributed by atoms with Crippen LogP contribution < -0.4 is 23.7 Å². The molecule has 5 nitrogen and oxygen atoms in total. The second kappa shape index (κ2) is 11.1. The molecular weight excluding hydrogens is 452 g/mol. The molecule has 0 bridgehead atoms. The van der Waals surface area contributed by atoms with Crippen LogP contribution in [-0.4, -0.2) is 21.0 Å². The summed E-state index contributed by atoms with van der Waals surface area (Å²) in [6.07, 6.45) is 3.60. The average molecular weight is 483 g/mol. The molecule has 0 aromatic heterocycles. The molecule has 0 saturated heterocycles. The van der Waals surface area contributed by atoms with Crippen molar-refractivity contribution in [3.05, 3.63) is 107 Å². The van der Waals surface area contributed by atoms with Gasteiger partial charge in [0.2, 0.25) is 12.5 Å². The van der Waals surface area contributed by atoms with Crippen LogP contribution in [0.15, 0.2) is 84.9 Å². The van der Waals surface area contributed by atoms with Crippen molar-refractivity contribution in [1.29, 1.82) is 0 Å². The predicted molar refractivity (Wildman–Crippen MR) is 140 cm³/mol. The molecule has 4 aromatic carbocycles. The molecule has 1 aliphatic rings. The highest BCUT2D eigenvalue weighted by atomic mass is 16.7. The lowest BCUT2D eigenvalue weighted by atomic mass is 10.0. The quantitative estimate of drug-likeness (QED) is 0.249. The van der Waals surface area contributed by atoms with Gasteiger partial charge in [-0.25, -0.2) is 0 Å². The van der Waals surface area contributed by atoms with Gasteiger partial charge < -0.3 is 23.7 Å². The highest BCUT2D eigenvalue weighted by molar-refractivity contribution is 5.56. The van der Waals surface area contributed by atoms with E-state index in [-0.39, 0.29) is 6.79 Å². The van der Waals surface area contributed by atoms with Crippen LogP contribution in [0.25, 0.3) is 0 Å². The normalized spacial score (nSPS) is 11.8. The molecule has 5 rings (SSSR count). The van der Waals surface area contributed by atoms with Crippen LogP contribution in [0.2, 0.25) is 0 Å². The summed E-state index contributed by atoms with van der Waals surface area (Å²) in [6.45, 7) is 0.203. The molecule has 5 heteroatoms. The second-order valence-electron chi connectivity index (χ2n) is 8.78. The van der Waals surface area contributed by atoms with Gasteiger partial charge in [-0.05, 0) is 96.5 Å². The Morgan fingerprint density at radius 1 is 0.583 bits per heavy atom. The number of aryl methyl sites for hydroxylation is 4. The molecule has 36 heavy (non-hydrogen) atoms. The highest BCUT2D eigenvalue weighted by Gasteiger charge is 2.21. The molecule has 0 fully saturated rings. The monoisotopic (exact) mass is 482 g/mol. The van der Waals surface area contributed by atoms with Gasteiger partial charge in [0.1, 0.15) is 17.2 Å². The maximum absolute atomic E-state index is 6.33. The number of hydrogen-bond acceptors (Lipinski definition) is 5. The molecule has 0 saturated carbocycles. The van der Waals surface area contributed by atoms with Crippen molar-refractivity contribution in [2.45, 2.75) is 25.7 Å². The summed E-state index contributed by atoms with van der Waals surface area (Å²) in [6, 6.07) is 28.7. The van der Waals surface area contributed by atoms with Gasteiger partial charge in [0, 0.05) is 0 Å². The topological polar surface area (TPSA) is 46.2 Å². The van der Waals surface area contributed by atoms with Crippen molar-refractivity contribution in [3.63, 3.8) is 0 Å². The number of rotatable bonds is 10. The van der Waals surface area contributed by atoms with E-state index >= 15 is 0 Å². The van der Waals surface area contributed by atoms with E-state index < -0.39 is 0 Å². The standard InChI is InChI=1S/C31H30O5/c1-32-26-15-13-22(14-16-26)9-12-25-19-29-31(35-21-34-29)30(20-25)36-28-8-4-6-24(18-28)11-10-23-5-3-7-27(17-23)33-2/h3-8,13-20H,9-12,21H2,1-2H3. The fourth-order valence-electron chi connectivity index (χ4n) is 4.34. The summed E-state index contributed by atoms with van der Waals surface area (Å²) in [5.41, 5.74) is 4.84. The summed E-state index contributed by atoms with van der Waals surface area (Å²) in [5, 5.41) is 0. The zero-order chi connectivity index (χ0) is 24.7. The third-order valence-electron chi connectivity index (χ3n) is 6.32. The number of methoxy groups -OCH3 is 2. The lowest BCUT2D eigenvalue weighted by Gasteiger charge is -2.12. The van der Waals surface area contributed by atoms with E-state index in [9.17, 15) is 0 Å².